The van der Waals surface area contributed by atoms with Crippen molar-refractivity contribution >= 4 is 23.7 Å². The van der Waals surface area contributed by atoms with Crippen LogP contribution in [0.4, 0.5) is 10.5 Å². The number of aromatic carboxylic acids is 1. The molecule has 0 bridgehead atoms. The summed E-state index contributed by atoms with van der Waals surface area (Å²) in [6.45, 7) is 3.61. The second-order valence-corrected chi connectivity index (χ2v) is 4.14. The maximum atomic E-state index is 11.6. The maximum absolute atomic E-state index is 11.6. The van der Waals surface area contributed by atoms with Crippen LogP contribution < -0.4 is 5.32 Å². The Morgan fingerprint density at radius 1 is 1.35 bits per heavy atom. The van der Waals surface area contributed by atoms with Crippen molar-refractivity contribution in [2.75, 3.05) is 5.32 Å². The smallest absolute Gasteiger partial charge is 0.436 e. The minimum absolute atomic E-state index is 0.0319. The van der Waals surface area contributed by atoms with Gasteiger partial charge in [-0.15, -0.1) is 5.06 Å². The zero-order valence-electron chi connectivity index (χ0n) is 10.5. The summed E-state index contributed by atoms with van der Waals surface area (Å²) in [5, 5.41) is 12.0. The van der Waals surface area contributed by atoms with E-state index in [1.807, 2.05) is 0 Å². The van der Waals surface area contributed by atoms with Crippen molar-refractivity contribution in [3.8, 4) is 0 Å². The molecule has 1 aliphatic rings. The summed E-state index contributed by atoms with van der Waals surface area (Å²) in [6, 6.07) is 5.67. The highest BCUT2D eigenvalue weighted by atomic mass is 16.7. The van der Waals surface area contributed by atoms with Crippen LogP contribution in [0.1, 0.15) is 23.2 Å². The zero-order valence-corrected chi connectivity index (χ0v) is 10.5. The van der Waals surface area contributed by atoms with Crippen molar-refractivity contribution in [3.63, 3.8) is 0 Å². The van der Waals surface area contributed by atoms with Crippen LogP contribution >= 0.6 is 0 Å². The molecule has 2 amide bonds. The number of rotatable bonds is 3. The van der Waals surface area contributed by atoms with E-state index in [1.165, 1.54) is 24.3 Å². The number of carboxylic acids is 1. The number of anilines is 1. The molecule has 0 aromatic heterocycles. The highest BCUT2D eigenvalue weighted by molar-refractivity contribution is 5.92. The van der Waals surface area contributed by atoms with Crippen molar-refractivity contribution in [2.24, 2.45) is 0 Å². The summed E-state index contributed by atoms with van der Waals surface area (Å²) in [4.78, 5) is 38.6. The van der Waals surface area contributed by atoms with E-state index in [1.54, 1.807) is 0 Å². The van der Waals surface area contributed by atoms with Gasteiger partial charge in [-0.25, -0.2) is 9.59 Å². The molecule has 2 rings (SSSR count). The van der Waals surface area contributed by atoms with Crippen LogP contribution in [-0.2, 0) is 9.63 Å². The Morgan fingerprint density at radius 2 is 2.10 bits per heavy atom. The Bertz CT molecular complexity index is 580. The molecule has 7 nitrogen and oxygen atoms in total. The fourth-order valence-electron chi connectivity index (χ4n) is 1.70. The normalized spacial score (nSPS) is 14.3. The van der Waals surface area contributed by atoms with Crippen molar-refractivity contribution < 1.29 is 24.3 Å². The van der Waals surface area contributed by atoms with E-state index in [9.17, 15) is 14.4 Å². The van der Waals surface area contributed by atoms with Gasteiger partial charge in [-0.1, -0.05) is 12.6 Å². The Balaban J connectivity index is 2.01. The lowest BCUT2D eigenvalue weighted by Gasteiger charge is -2.16. The first kappa shape index (κ1) is 13.6. The molecule has 0 radical (unpaired) electrons. The van der Waals surface area contributed by atoms with E-state index in [0.717, 1.165) is 5.06 Å². The first-order valence-electron chi connectivity index (χ1n) is 5.80. The van der Waals surface area contributed by atoms with Gasteiger partial charge in [0.25, 0.3) is 5.91 Å². The lowest BCUT2D eigenvalue weighted by atomic mass is 10.2. The van der Waals surface area contributed by atoms with Gasteiger partial charge in [0.05, 0.1) is 11.3 Å². The molecule has 20 heavy (non-hydrogen) atoms. The van der Waals surface area contributed by atoms with Crippen LogP contribution in [0, 0.1) is 0 Å². The summed E-state index contributed by atoms with van der Waals surface area (Å²) in [6.07, 6.45) is -0.190. The van der Waals surface area contributed by atoms with Gasteiger partial charge >= 0.3 is 12.1 Å². The van der Waals surface area contributed by atoms with E-state index in [-0.39, 0.29) is 23.6 Å². The van der Waals surface area contributed by atoms with Crippen molar-refractivity contribution in [3.05, 3.63) is 42.1 Å². The molecule has 0 atom stereocenters. The van der Waals surface area contributed by atoms with Crippen LogP contribution in [0.5, 0.6) is 0 Å². The molecule has 104 valence electrons. The Kier molecular flexibility index (Phi) is 3.69. The van der Waals surface area contributed by atoms with Gasteiger partial charge in [-0.3, -0.25) is 10.1 Å². The van der Waals surface area contributed by atoms with Crippen LogP contribution in [0.25, 0.3) is 0 Å². The summed E-state index contributed by atoms with van der Waals surface area (Å²) in [5.74, 6) is -1.45. The van der Waals surface area contributed by atoms with Crippen LogP contribution in [-0.4, -0.2) is 28.1 Å². The third-order valence-corrected chi connectivity index (χ3v) is 2.67. The standard InChI is InChI=1S/C13H12N2O5/c1-8-5-6-11(16)15(8)20-13(19)14-10-4-2-3-9(7-10)12(17)18/h2-4,7H,1,5-6H2,(H,14,19)(H,17,18). The Hall–Kier alpha value is -2.83. The average Bonchev–Trinajstić information content (AvgIpc) is 2.71. The molecule has 1 aromatic rings. The number of carbonyl (C=O) groups is 3. The predicted octanol–water partition coefficient (Wildman–Crippen LogP) is 1.98. The molecule has 7 heteroatoms. The molecule has 0 aliphatic carbocycles. The fourth-order valence-corrected chi connectivity index (χ4v) is 1.70. The number of hydrogen-bond acceptors (Lipinski definition) is 4. The summed E-state index contributed by atoms with van der Waals surface area (Å²) in [7, 11) is 0. The summed E-state index contributed by atoms with van der Waals surface area (Å²) >= 11 is 0. The molecule has 1 heterocycles. The van der Waals surface area contributed by atoms with Gasteiger partial charge in [-0.05, 0) is 24.6 Å². The zero-order chi connectivity index (χ0) is 14.7. The molecular formula is C13H12N2O5. The second kappa shape index (κ2) is 5.43. The second-order valence-electron chi connectivity index (χ2n) is 4.14. The molecule has 0 saturated carbocycles. The van der Waals surface area contributed by atoms with E-state index < -0.39 is 12.1 Å². The quantitative estimate of drug-likeness (QED) is 0.880. The van der Waals surface area contributed by atoms with Gasteiger partial charge < -0.3 is 9.94 Å². The minimum Gasteiger partial charge on any atom is -0.478 e. The highest BCUT2D eigenvalue weighted by Gasteiger charge is 2.28. The van der Waals surface area contributed by atoms with Crippen LogP contribution in [0.2, 0.25) is 0 Å². The molecule has 1 aromatic carbocycles. The molecule has 1 saturated heterocycles. The fraction of sp³-hybridized carbons (Fsp3) is 0.154. The van der Waals surface area contributed by atoms with Gasteiger partial charge in [0.2, 0.25) is 0 Å². The number of hydrogen-bond donors (Lipinski definition) is 2. The number of benzene rings is 1. The molecule has 1 aliphatic heterocycles. The summed E-state index contributed by atoms with van der Waals surface area (Å²) in [5.41, 5.74) is 0.695. The third-order valence-electron chi connectivity index (χ3n) is 2.67. The van der Waals surface area contributed by atoms with Gasteiger partial charge in [0.1, 0.15) is 0 Å². The number of nitrogens with one attached hydrogen (secondary N) is 1. The lowest BCUT2D eigenvalue weighted by molar-refractivity contribution is -0.151. The van der Waals surface area contributed by atoms with E-state index in [2.05, 4.69) is 11.9 Å². The van der Waals surface area contributed by atoms with Gasteiger partial charge in [-0.2, -0.15) is 0 Å². The topological polar surface area (TPSA) is 95.9 Å². The van der Waals surface area contributed by atoms with Crippen molar-refractivity contribution in [2.45, 2.75) is 12.8 Å². The Labute approximate surface area is 114 Å². The van der Waals surface area contributed by atoms with Crippen molar-refractivity contribution in [1.29, 1.82) is 0 Å². The number of carboxylic acid groups (broad SMARTS) is 1. The predicted molar refractivity (Wildman–Crippen MR) is 68.7 cm³/mol. The molecule has 0 spiro atoms. The molecule has 0 unspecified atom stereocenters. The lowest BCUT2D eigenvalue weighted by Crippen LogP contribution is -2.29. The maximum Gasteiger partial charge on any atom is 0.436 e. The molecule has 2 N–H and O–H groups in total. The number of carbonyl (C=O) groups excluding carboxylic acids is 2. The van der Waals surface area contributed by atoms with Crippen molar-refractivity contribution in [1.82, 2.24) is 5.06 Å². The number of hydroxylamine groups is 2. The van der Waals surface area contributed by atoms with Gasteiger partial charge in [0.15, 0.2) is 0 Å². The molecule has 1 fully saturated rings. The first-order valence-corrected chi connectivity index (χ1v) is 5.80. The van der Waals surface area contributed by atoms with E-state index in [4.69, 9.17) is 9.94 Å². The van der Waals surface area contributed by atoms with E-state index in [0.29, 0.717) is 12.1 Å². The van der Waals surface area contributed by atoms with E-state index >= 15 is 0 Å². The van der Waals surface area contributed by atoms with Gasteiger partial charge in [0, 0.05) is 12.1 Å². The SMILES string of the molecule is C=C1CCC(=O)N1OC(=O)Nc1cccc(C(=O)O)c1. The highest BCUT2D eigenvalue weighted by Crippen LogP contribution is 2.21. The summed E-state index contributed by atoms with van der Waals surface area (Å²) < 4.78 is 0. The largest absolute Gasteiger partial charge is 0.478 e. The first-order chi connectivity index (χ1) is 9.47. The number of amides is 2. The average molecular weight is 276 g/mol. The number of nitrogens with zero attached hydrogens (tertiary/aromatic N) is 1. The van der Waals surface area contributed by atoms with Crippen LogP contribution in [0.3, 0.4) is 0 Å². The monoisotopic (exact) mass is 276 g/mol. The molecular weight excluding hydrogens is 264 g/mol. The minimum atomic E-state index is -1.11. The van der Waals surface area contributed by atoms with Crippen LogP contribution in [0.15, 0.2) is 36.5 Å². The number of allylic oxidation sites excluding steroid dienone is 1. The Morgan fingerprint density at radius 3 is 2.70 bits per heavy atom. The third kappa shape index (κ3) is 2.94.